The first-order valence-electron chi connectivity index (χ1n) is 5.67. The van der Waals surface area contributed by atoms with E-state index in [0.717, 1.165) is 5.56 Å². The number of ether oxygens (including phenoxy) is 1. The van der Waals surface area contributed by atoms with Crippen LogP contribution in [0.15, 0.2) is 23.1 Å². The van der Waals surface area contributed by atoms with E-state index in [1.807, 2.05) is 13.8 Å². The fourth-order valence-electron chi connectivity index (χ4n) is 1.56. The molecule has 0 unspecified atom stereocenters. The standard InChI is InChI=1S/C13H12ClNO2S2/c1-7(2)17-10-4-3-9(14)5-8(10)6-11-12(16)15-13(18)19-11/h3-7H,1-2H3,(H,15,16,18)/b11-6+. The quantitative estimate of drug-likeness (QED) is 0.683. The Morgan fingerprint density at radius 1 is 1.47 bits per heavy atom. The molecule has 1 saturated heterocycles. The maximum absolute atomic E-state index is 11.6. The summed E-state index contributed by atoms with van der Waals surface area (Å²) < 4.78 is 6.16. The maximum atomic E-state index is 11.6. The molecule has 0 bridgehead atoms. The summed E-state index contributed by atoms with van der Waals surface area (Å²) in [6.45, 7) is 3.88. The van der Waals surface area contributed by atoms with Crippen LogP contribution in [-0.4, -0.2) is 16.3 Å². The summed E-state index contributed by atoms with van der Waals surface area (Å²) in [5, 5.41) is 3.17. The molecule has 0 aromatic heterocycles. The van der Waals surface area contributed by atoms with Gasteiger partial charge in [-0.3, -0.25) is 4.79 Å². The fourth-order valence-corrected chi connectivity index (χ4v) is 2.77. The van der Waals surface area contributed by atoms with Gasteiger partial charge in [0, 0.05) is 10.6 Å². The number of benzene rings is 1. The number of rotatable bonds is 3. The van der Waals surface area contributed by atoms with Gasteiger partial charge in [0.15, 0.2) is 0 Å². The van der Waals surface area contributed by atoms with Crippen molar-refractivity contribution in [3.63, 3.8) is 0 Å². The average molecular weight is 314 g/mol. The summed E-state index contributed by atoms with van der Waals surface area (Å²) in [6.07, 6.45) is 1.78. The number of halogens is 1. The van der Waals surface area contributed by atoms with Crippen molar-refractivity contribution in [1.82, 2.24) is 5.32 Å². The lowest BCUT2D eigenvalue weighted by Crippen LogP contribution is -2.17. The van der Waals surface area contributed by atoms with Crippen LogP contribution in [-0.2, 0) is 4.79 Å². The second-order valence-electron chi connectivity index (χ2n) is 4.20. The van der Waals surface area contributed by atoms with Crippen molar-refractivity contribution < 1.29 is 9.53 Å². The second-order valence-corrected chi connectivity index (χ2v) is 6.36. The Balaban J connectivity index is 2.38. The number of thioether (sulfide) groups is 1. The molecule has 1 aliphatic rings. The summed E-state index contributed by atoms with van der Waals surface area (Å²) in [4.78, 5) is 12.2. The number of hydrogen-bond acceptors (Lipinski definition) is 4. The van der Waals surface area contributed by atoms with E-state index in [1.54, 1.807) is 24.3 Å². The third-order valence-corrected chi connectivity index (χ3v) is 3.66. The van der Waals surface area contributed by atoms with Crippen LogP contribution in [0.1, 0.15) is 19.4 Å². The van der Waals surface area contributed by atoms with E-state index in [2.05, 4.69) is 5.32 Å². The van der Waals surface area contributed by atoms with Gasteiger partial charge in [-0.25, -0.2) is 0 Å². The Labute approximate surface area is 126 Å². The summed E-state index contributed by atoms with van der Waals surface area (Å²) in [5.41, 5.74) is 0.767. The topological polar surface area (TPSA) is 38.3 Å². The molecular formula is C13H12ClNO2S2. The zero-order chi connectivity index (χ0) is 14.0. The lowest BCUT2D eigenvalue weighted by atomic mass is 10.2. The molecule has 1 fully saturated rings. The Hall–Kier alpha value is -1.04. The van der Waals surface area contributed by atoms with Crippen molar-refractivity contribution in [2.45, 2.75) is 20.0 Å². The van der Waals surface area contributed by atoms with Crippen LogP contribution in [0.5, 0.6) is 5.75 Å². The Bertz CT molecular complexity index is 570. The van der Waals surface area contributed by atoms with E-state index >= 15 is 0 Å². The van der Waals surface area contributed by atoms with Gasteiger partial charge in [0.25, 0.3) is 5.91 Å². The molecule has 0 atom stereocenters. The van der Waals surface area contributed by atoms with E-state index in [4.69, 9.17) is 28.6 Å². The number of thiocarbonyl (C=S) groups is 1. The van der Waals surface area contributed by atoms with Crippen LogP contribution in [0.2, 0.25) is 5.02 Å². The highest BCUT2D eigenvalue weighted by Crippen LogP contribution is 2.31. The molecule has 1 aromatic rings. The minimum atomic E-state index is -0.189. The van der Waals surface area contributed by atoms with Crippen LogP contribution < -0.4 is 10.1 Å². The molecule has 100 valence electrons. The first kappa shape index (κ1) is 14.4. The fraction of sp³-hybridized carbons (Fsp3) is 0.231. The minimum Gasteiger partial charge on any atom is -0.490 e. The number of amides is 1. The molecule has 19 heavy (non-hydrogen) atoms. The molecule has 1 aromatic carbocycles. The Kier molecular flexibility index (Phi) is 4.50. The van der Waals surface area contributed by atoms with Crippen LogP contribution in [0.25, 0.3) is 6.08 Å². The van der Waals surface area contributed by atoms with E-state index < -0.39 is 0 Å². The SMILES string of the molecule is CC(C)Oc1ccc(Cl)cc1/C=C1/SC(=S)NC1=O. The molecule has 2 rings (SSSR count). The highest BCUT2D eigenvalue weighted by atomic mass is 35.5. The van der Waals surface area contributed by atoms with Crippen LogP contribution in [0.3, 0.4) is 0 Å². The molecule has 6 heteroatoms. The zero-order valence-corrected chi connectivity index (χ0v) is 12.8. The molecule has 1 amide bonds. The van der Waals surface area contributed by atoms with Gasteiger partial charge in [-0.05, 0) is 38.1 Å². The maximum Gasteiger partial charge on any atom is 0.263 e. The predicted molar refractivity (Wildman–Crippen MR) is 83.5 cm³/mol. The summed E-state index contributed by atoms with van der Waals surface area (Å²) in [6, 6.07) is 5.32. The predicted octanol–water partition coefficient (Wildman–Crippen LogP) is 3.62. The van der Waals surface area contributed by atoms with Crippen molar-refractivity contribution in [2.75, 3.05) is 0 Å². The number of nitrogens with one attached hydrogen (secondary N) is 1. The van der Waals surface area contributed by atoms with E-state index in [0.29, 0.717) is 20.0 Å². The summed E-state index contributed by atoms with van der Waals surface area (Å²) in [7, 11) is 0. The molecule has 0 aliphatic carbocycles. The van der Waals surface area contributed by atoms with Crippen LogP contribution in [0, 0.1) is 0 Å². The van der Waals surface area contributed by atoms with Gasteiger partial charge in [0.2, 0.25) is 0 Å². The molecule has 1 heterocycles. The van der Waals surface area contributed by atoms with Crippen molar-refractivity contribution in [1.29, 1.82) is 0 Å². The summed E-state index contributed by atoms with van der Waals surface area (Å²) >= 11 is 12.2. The highest BCUT2D eigenvalue weighted by molar-refractivity contribution is 8.26. The molecule has 0 saturated carbocycles. The lowest BCUT2D eigenvalue weighted by molar-refractivity contribution is -0.115. The largest absolute Gasteiger partial charge is 0.490 e. The first-order valence-corrected chi connectivity index (χ1v) is 7.27. The molecule has 1 aliphatic heterocycles. The third kappa shape index (κ3) is 3.72. The van der Waals surface area contributed by atoms with Crippen molar-refractivity contribution in [2.24, 2.45) is 0 Å². The van der Waals surface area contributed by atoms with Crippen molar-refractivity contribution >= 4 is 51.9 Å². The Morgan fingerprint density at radius 2 is 2.21 bits per heavy atom. The molecular weight excluding hydrogens is 302 g/mol. The van der Waals surface area contributed by atoms with E-state index in [9.17, 15) is 4.79 Å². The normalized spacial score (nSPS) is 17.2. The molecule has 3 nitrogen and oxygen atoms in total. The van der Waals surface area contributed by atoms with Crippen LogP contribution >= 0.6 is 35.6 Å². The van der Waals surface area contributed by atoms with E-state index in [1.165, 1.54) is 11.8 Å². The van der Waals surface area contributed by atoms with Gasteiger partial charge in [0.1, 0.15) is 10.1 Å². The monoisotopic (exact) mass is 313 g/mol. The zero-order valence-electron chi connectivity index (χ0n) is 10.4. The molecule has 0 radical (unpaired) electrons. The average Bonchev–Trinajstić information content (AvgIpc) is 2.61. The van der Waals surface area contributed by atoms with Crippen molar-refractivity contribution in [3.8, 4) is 5.75 Å². The highest BCUT2D eigenvalue weighted by Gasteiger charge is 2.22. The third-order valence-electron chi connectivity index (χ3n) is 2.26. The number of carbonyl (C=O) groups excluding carboxylic acids is 1. The molecule has 1 N–H and O–H groups in total. The van der Waals surface area contributed by atoms with Gasteiger partial charge < -0.3 is 10.1 Å². The smallest absolute Gasteiger partial charge is 0.263 e. The summed E-state index contributed by atoms with van der Waals surface area (Å²) in [5.74, 6) is 0.503. The second kappa shape index (κ2) is 5.94. The first-order chi connectivity index (χ1) is 8.95. The van der Waals surface area contributed by atoms with Gasteiger partial charge in [0.05, 0.1) is 11.0 Å². The Morgan fingerprint density at radius 3 is 2.79 bits per heavy atom. The molecule has 0 spiro atoms. The number of carbonyl (C=O) groups is 1. The number of hydrogen-bond donors (Lipinski definition) is 1. The van der Waals surface area contributed by atoms with Crippen LogP contribution in [0.4, 0.5) is 0 Å². The van der Waals surface area contributed by atoms with Gasteiger partial charge in [-0.1, -0.05) is 35.6 Å². The minimum absolute atomic E-state index is 0.0458. The van der Waals surface area contributed by atoms with Gasteiger partial charge in [-0.15, -0.1) is 0 Å². The van der Waals surface area contributed by atoms with Gasteiger partial charge in [-0.2, -0.15) is 0 Å². The van der Waals surface area contributed by atoms with Crippen molar-refractivity contribution in [3.05, 3.63) is 33.7 Å². The lowest BCUT2D eigenvalue weighted by Gasteiger charge is -2.12. The van der Waals surface area contributed by atoms with E-state index in [-0.39, 0.29) is 12.0 Å². The van der Waals surface area contributed by atoms with Gasteiger partial charge >= 0.3 is 0 Å².